The Balaban J connectivity index is 3.33. The second kappa shape index (κ2) is 6.13. The first-order valence-corrected chi connectivity index (χ1v) is 9.57. The molecule has 0 spiro atoms. The zero-order chi connectivity index (χ0) is 12.6. The first kappa shape index (κ1) is 16.3. The molecule has 0 radical (unpaired) electrons. The molecule has 0 atom stereocenters. The van der Waals surface area contributed by atoms with Crippen LogP contribution in [0.3, 0.4) is 0 Å². The molecule has 3 nitrogen and oxygen atoms in total. The average molecular weight is 629 g/mol. The van der Waals surface area contributed by atoms with Crippen LogP contribution in [0.25, 0.3) is 0 Å². The van der Waals surface area contributed by atoms with Gasteiger partial charge in [-0.1, -0.05) is 107 Å². The molecule has 0 saturated carbocycles. The van der Waals surface area contributed by atoms with Gasteiger partial charge in [-0.3, -0.25) is 0 Å². The van der Waals surface area contributed by atoms with Gasteiger partial charge >= 0.3 is 0 Å². The molecule has 0 amide bonds. The summed E-state index contributed by atoms with van der Waals surface area (Å²) in [6.07, 6.45) is 1.90. The van der Waals surface area contributed by atoms with Gasteiger partial charge in [0.1, 0.15) is 0 Å². The zero-order valence-electron chi connectivity index (χ0n) is 7.52. The van der Waals surface area contributed by atoms with E-state index in [-0.39, 0.29) is 0 Å². The Labute approximate surface area is 148 Å². The van der Waals surface area contributed by atoms with Crippen molar-refractivity contribution in [3.63, 3.8) is 0 Å². The van der Waals surface area contributed by atoms with Crippen LogP contribution in [0.4, 0.5) is 0 Å². The quantitative estimate of drug-likeness (QED) is 0.318. The van der Waals surface area contributed by atoms with Crippen molar-refractivity contribution in [1.29, 1.82) is 0 Å². The maximum absolute atomic E-state index is 4.31. The van der Waals surface area contributed by atoms with Gasteiger partial charge in [-0.05, 0) is 6.26 Å². The van der Waals surface area contributed by atoms with Gasteiger partial charge in [-0.15, -0.1) is 0 Å². The molecule has 0 unspecified atom stereocenters. The summed E-state index contributed by atoms with van der Waals surface area (Å²) in [5.41, 5.74) is 0. The van der Waals surface area contributed by atoms with Crippen LogP contribution < -0.4 is 0 Å². The van der Waals surface area contributed by atoms with E-state index in [1.165, 1.54) is 11.8 Å². The van der Waals surface area contributed by atoms with E-state index in [9.17, 15) is 0 Å². The van der Waals surface area contributed by atoms with Crippen LogP contribution in [-0.2, 0) is 4.29 Å². The summed E-state index contributed by atoms with van der Waals surface area (Å²) in [5.74, 6) is 1.06. The topological polar surface area (TPSA) is 38.7 Å². The van der Waals surface area contributed by atoms with E-state index in [1.807, 2.05) is 6.26 Å². The number of halogens is 6. The van der Waals surface area contributed by atoms with E-state index in [0.29, 0.717) is 16.8 Å². The predicted molar refractivity (Wildman–Crippen MR) is 88.5 cm³/mol. The highest BCUT2D eigenvalue weighted by Crippen LogP contribution is 2.46. The Morgan fingerprint density at radius 2 is 1.19 bits per heavy atom. The van der Waals surface area contributed by atoms with Crippen LogP contribution in [0, 0.1) is 0 Å². The van der Waals surface area contributed by atoms with Crippen LogP contribution in [0.1, 0.15) is 11.6 Å². The van der Waals surface area contributed by atoms with Gasteiger partial charge in [0, 0.05) is 0 Å². The van der Waals surface area contributed by atoms with Crippen molar-refractivity contribution in [1.82, 2.24) is 15.0 Å². The van der Waals surface area contributed by atoms with Gasteiger partial charge in [0.05, 0.1) is 0 Å². The summed E-state index contributed by atoms with van der Waals surface area (Å²) in [6.45, 7) is 0. The minimum atomic E-state index is -0.659. The first-order valence-electron chi connectivity index (χ1n) is 3.59. The number of alkyl halides is 6. The third-order valence-corrected chi connectivity index (χ3v) is 3.98. The van der Waals surface area contributed by atoms with E-state index in [2.05, 4.69) is 111 Å². The Hall–Kier alpha value is 2.24. The van der Waals surface area contributed by atoms with E-state index in [0.717, 1.165) is 0 Å². The van der Waals surface area contributed by atoms with Crippen molar-refractivity contribution in [2.24, 2.45) is 0 Å². The molecule has 0 aliphatic carbocycles. The van der Waals surface area contributed by atoms with Crippen molar-refractivity contribution >= 4 is 107 Å². The lowest BCUT2D eigenvalue weighted by Gasteiger charge is -2.16. The summed E-state index contributed by atoms with van der Waals surface area (Å²) in [5, 5.41) is 0.630. The van der Waals surface area contributed by atoms with Gasteiger partial charge < -0.3 is 0 Å². The SMILES string of the molecule is CSc1nc(C(Br)(Br)Br)nc(C(Br)(Br)Br)n1. The lowest BCUT2D eigenvalue weighted by Crippen LogP contribution is -2.14. The minimum absolute atomic E-state index is 0.532. The molecule has 1 heterocycles. The lowest BCUT2D eigenvalue weighted by atomic mass is 10.6. The van der Waals surface area contributed by atoms with Crippen LogP contribution in [0.5, 0.6) is 0 Å². The second-order valence-electron chi connectivity index (χ2n) is 2.46. The Kier molecular flexibility index (Phi) is 6.24. The average Bonchev–Trinajstić information content (AvgIpc) is 2.14. The molecule has 1 aromatic rings. The fourth-order valence-corrected chi connectivity index (χ4v) is 2.12. The third-order valence-electron chi connectivity index (χ3n) is 1.30. The second-order valence-corrected chi connectivity index (χ2v) is 16.8. The van der Waals surface area contributed by atoms with E-state index in [1.54, 1.807) is 0 Å². The number of rotatable bonds is 1. The van der Waals surface area contributed by atoms with Crippen molar-refractivity contribution in [2.45, 2.75) is 9.44 Å². The standard InChI is InChI=1S/C6H3Br6N3S/c1-16-4-14-2(5(7,8)9)13-3(15-4)6(10,11)12/h1H3. The summed E-state index contributed by atoms with van der Waals surface area (Å²) >= 11 is 21.7. The van der Waals surface area contributed by atoms with Crippen LogP contribution in [0.15, 0.2) is 5.16 Å². The van der Waals surface area contributed by atoms with Gasteiger partial charge in [-0.25, -0.2) is 15.0 Å². The predicted octanol–water partition coefficient (Wildman–Crippen LogP) is 5.18. The molecule has 10 heteroatoms. The number of nitrogens with zero attached hydrogens (tertiary/aromatic N) is 3. The van der Waals surface area contributed by atoms with Crippen molar-refractivity contribution in [3.8, 4) is 0 Å². The molecule has 0 aromatic carbocycles. The number of hydrogen-bond acceptors (Lipinski definition) is 4. The number of aromatic nitrogens is 3. The van der Waals surface area contributed by atoms with Gasteiger partial charge in [0.2, 0.25) is 0 Å². The van der Waals surface area contributed by atoms with Crippen LogP contribution in [0.2, 0.25) is 0 Å². The normalized spacial score (nSPS) is 12.9. The smallest absolute Gasteiger partial charge is 0.194 e. The molecular weight excluding hydrogens is 626 g/mol. The van der Waals surface area contributed by atoms with Gasteiger partial charge in [-0.2, -0.15) is 0 Å². The molecule has 1 rings (SSSR count). The molecule has 0 bridgehead atoms. The monoisotopic (exact) mass is 623 g/mol. The highest BCUT2D eigenvalue weighted by molar-refractivity contribution is 9.39. The fourth-order valence-electron chi connectivity index (χ4n) is 0.701. The summed E-state index contributed by atoms with van der Waals surface area (Å²) < 4.78 is -1.32. The number of hydrogen-bond donors (Lipinski definition) is 0. The number of thioether (sulfide) groups is 1. The summed E-state index contributed by atoms with van der Waals surface area (Å²) in [7, 11) is 0. The molecule has 0 saturated heterocycles. The lowest BCUT2D eigenvalue weighted by molar-refractivity contribution is 0.797. The molecule has 0 fully saturated rings. The molecule has 1 aromatic heterocycles. The molecular formula is C6H3Br6N3S. The van der Waals surface area contributed by atoms with E-state index in [4.69, 9.17) is 0 Å². The molecule has 16 heavy (non-hydrogen) atoms. The van der Waals surface area contributed by atoms with Crippen molar-refractivity contribution < 1.29 is 0 Å². The first-order chi connectivity index (χ1) is 7.14. The van der Waals surface area contributed by atoms with Gasteiger partial charge in [0.15, 0.2) is 21.1 Å². The summed E-state index contributed by atoms with van der Waals surface area (Å²) in [4.78, 5) is 12.9. The molecule has 0 aliphatic heterocycles. The van der Waals surface area contributed by atoms with Crippen LogP contribution in [-0.4, -0.2) is 21.2 Å². The van der Waals surface area contributed by atoms with E-state index < -0.39 is 4.29 Å². The minimum Gasteiger partial charge on any atom is -0.211 e. The Bertz CT molecular complexity index is 355. The maximum atomic E-state index is 4.31. The molecule has 0 aliphatic rings. The van der Waals surface area contributed by atoms with Gasteiger partial charge in [0.25, 0.3) is 0 Å². The van der Waals surface area contributed by atoms with Crippen molar-refractivity contribution in [3.05, 3.63) is 11.6 Å². The third kappa shape index (κ3) is 4.73. The van der Waals surface area contributed by atoms with E-state index >= 15 is 0 Å². The van der Waals surface area contributed by atoms with Crippen molar-refractivity contribution in [2.75, 3.05) is 6.26 Å². The highest BCUT2D eigenvalue weighted by Gasteiger charge is 2.31. The highest BCUT2D eigenvalue weighted by atomic mass is 80.0. The largest absolute Gasteiger partial charge is 0.211 e. The Morgan fingerprint density at radius 3 is 1.44 bits per heavy atom. The zero-order valence-corrected chi connectivity index (χ0v) is 17.9. The van der Waals surface area contributed by atoms with Crippen LogP contribution >= 0.6 is 107 Å². The molecule has 90 valence electrons. The molecule has 0 N–H and O–H groups in total. The summed E-state index contributed by atoms with van der Waals surface area (Å²) in [6, 6.07) is 0. The fraction of sp³-hybridized carbons (Fsp3) is 0.500. The Morgan fingerprint density at radius 1 is 0.812 bits per heavy atom. The maximum Gasteiger partial charge on any atom is 0.194 e.